The van der Waals surface area contributed by atoms with Crippen LogP contribution >= 0.6 is 0 Å². The summed E-state index contributed by atoms with van der Waals surface area (Å²) in [6, 6.07) is -6.92. The van der Waals surface area contributed by atoms with E-state index in [2.05, 4.69) is 47.3 Å². The molecule has 28 N–H and O–H groups in total. The molecule has 7 aliphatic rings. The van der Waals surface area contributed by atoms with Crippen LogP contribution in [0.4, 0.5) is 0 Å². The van der Waals surface area contributed by atoms with Crippen molar-refractivity contribution < 1.29 is 218 Å². The molecular weight excluding hydrogens is 1910 g/mol. The summed E-state index contributed by atoms with van der Waals surface area (Å²) < 4.78 is 83.1. The molecule has 0 saturated carbocycles. The first-order valence-corrected chi connectivity index (χ1v) is 51.4. The molecule has 7 heterocycles. The second-order valence-corrected chi connectivity index (χ2v) is 38.8. The lowest BCUT2D eigenvalue weighted by atomic mass is 9.88. The van der Waals surface area contributed by atoms with Crippen LogP contribution in [0.25, 0.3) is 0 Å². The van der Waals surface area contributed by atoms with Gasteiger partial charge in [0.1, 0.15) is 159 Å². The fraction of sp³-hybridized carbons (Fsp3) is 0.896. The van der Waals surface area contributed by atoms with Gasteiger partial charge in [-0.2, -0.15) is 0 Å². The van der Waals surface area contributed by atoms with Gasteiger partial charge >= 0.3 is 11.9 Å². The number of rotatable bonds is 67. The molecule has 0 radical (unpaired) electrons. The van der Waals surface area contributed by atoms with Crippen LogP contribution in [0.5, 0.6) is 0 Å². The zero-order valence-electron chi connectivity index (χ0n) is 83.3. The number of hydrogen-bond acceptors (Lipinski definition) is 42. The van der Waals surface area contributed by atoms with E-state index in [1.165, 1.54) is 116 Å². The normalized spacial score (nSPS) is 35.7. The molecule has 7 aliphatic heterocycles. The minimum atomic E-state index is -3.51. The quantitative estimate of drug-likeness (QED) is 0.0204. The predicted octanol–water partition coefficient (Wildman–Crippen LogP) is -3.93. The number of carboxylic acid groups (broad SMARTS) is 2. The van der Waals surface area contributed by atoms with Crippen LogP contribution in [0.2, 0.25) is 0 Å². The standard InChI is InChI=1S/C96H168N4O44/c1-6-8-10-12-14-16-18-20-21-22-23-24-25-26-27-29-31-33-35-37-39-41-66(115)100-55(56(110)40-38-36-34-32-30-28-19-17-15-13-11-9-7-2)50-131-89-77(123)75(121)81(63(48-105)135-89)138-90-78(124)76(122)82(64(49-106)136-90)139-91-79(125)86(73(119)62(47-104)134-91)141-88-69(99-54(5)109)83(72(118)61(46-103)133-88)140-92-80(126)87(144-96(94(129)130)43-58(112)68(98-53(4)108)85(143-96)71(117)60(114)45-102)74(120)65(137-92)51-132-95(93(127)128)42-57(111)67(97-52(3)107)84(142-95)70(116)59(113)44-101/h20-21,38,40,55-65,67-92,101-106,110-114,116-126H,6-19,22-37,39,41-51H2,1-5H3,(H,97,107)(H,98,108)(H,99,109)(H,100,115)(H,127,128)(H,129,130)/b21-20-,40-38+/t55-,56+,57?,58?,59+,60+,61?,62?,63?,64?,65?,67+,68+,69?,70+,71+,72-,73-,74-,75+,76+,77?,78?,79?,80?,81+,82-,83+,84?,85?,86-,87-,88-,89+,90-,91-,92-,95+,96-/m0/s1. The third kappa shape index (κ3) is 37.1. The highest BCUT2D eigenvalue weighted by atomic mass is 16.8. The van der Waals surface area contributed by atoms with Gasteiger partial charge in [-0.1, -0.05) is 192 Å². The Morgan fingerprint density at radius 1 is 0.375 bits per heavy atom. The van der Waals surface area contributed by atoms with Crippen molar-refractivity contribution >= 4 is 35.6 Å². The monoisotopic (exact) mass is 2080 g/mol. The maximum absolute atomic E-state index is 13.7. The van der Waals surface area contributed by atoms with Crippen molar-refractivity contribution in [3.8, 4) is 0 Å². The first-order chi connectivity index (χ1) is 68.8. The molecule has 0 aromatic rings. The number of amides is 4. The van der Waals surface area contributed by atoms with Crippen LogP contribution in [0.15, 0.2) is 24.3 Å². The fourth-order valence-electron chi connectivity index (χ4n) is 19.0. The van der Waals surface area contributed by atoms with Crippen molar-refractivity contribution in [1.29, 1.82) is 0 Å². The van der Waals surface area contributed by atoms with Crippen molar-refractivity contribution in [3.63, 3.8) is 0 Å². The number of allylic oxidation sites excluding steroid dienone is 3. The number of unbranched alkanes of at least 4 members (excludes halogenated alkanes) is 28. The van der Waals surface area contributed by atoms with Crippen molar-refractivity contribution in [2.24, 2.45) is 0 Å². The topological polar surface area (TPSA) is 765 Å². The van der Waals surface area contributed by atoms with E-state index >= 15 is 0 Å². The zero-order chi connectivity index (χ0) is 106. The summed E-state index contributed by atoms with van der Waals surface area (Å²) in [6.07, 6.45) is -32.5. The summed E-state index contributed by atoms with van der Waals surface area (Å²) in [6.45, 7) is -1.91. The van der Waals surface area contributed by atoms with E-state index in [1.807, 2.05) is 6.08 Å². The number of aliphatic hydroxyl groups excluding tert-OH is 22. The summed E-state index contributed by atoms with van der Waals surface area (Å²) >= 11 is 0. The van der Waals surface area contributed by atoms with Crippen molar-refractivity contribution in [2.45, 2.75) is 491 Å². The molecule has 48 heteroatoms. The van der Waals surface area contributed by atoms with Gasteiger partial charge in [0.25, 0.3) is 11.6 Å². The molecular formula is C96H168N4O44. The van der Waals surface area contributed by atoms with Gasteiger partial charge in [-0.25, -0.2) is 9.59 Å². The lowest BCUT2D eigenvalue weighted by Gasteiger charge is -2.52. The summed E-state index contributed by atoms with van der Waals surface area (Å²) in [5.41, 5.74) is 0. The summed E-state index contributed by atoms with van der Waals surface area (Å²) in [5, 5.41) is 281. The van der Waals surface area contributed by atoms with E-state index in [0.717, 1.165) is 91.4 Å². The Hall–Kier alpha value is -5.14. The molecule has 4 amide bonds. The zero-order valence-corrected chi connectivity index (χ0v) is 83.3. The largest absolute Gasteiger partial charge is 0.477 e. The smallest absolute Gasteiger partial charge is 0.364 e. The number of carbonyl (C=O) groups excluding carboxylic acids is 4. The molecule has 7 saturated heterocycles. The molecule has 0 aromatic carbocycles. The van der Waals surface area contributed by atoms with Crippen LogP contribution in [-0.4, -0.2) is 449 Å². The Kier molecular flexibility index (Phi) is 56.5. The maximum atomic E-state index is 13.7. The predicted molar refractivity (Wildman–Crippen MR) is 500 cm³/mol. The molecule has 7 rings (SSSR count). The van der Waals surface area contributed by atoms with Gasteiger partial charge in [-0.3, -0.25) is 19.2 Å². The van der Waals surface area contributed by atoms with Crippen molar-refractivity contribution in [2.75, 3.05) is 52.9 Å². The highest BCUT2D eigenvalue weighted by Gasteiger charge is 2.64. The van der Waals surface area contributed by atoms with E-state index in [1.54, 1.807) is 6.08 Å². The average molecular weight is 2080 g/mol. The van der Waals surface area contributed by atoms with E-state index in [0.29, 0.717) is 12.8 Å². The van der Waals surface area contributed by atoms with Gasteiger partial charge < -0.3 is 210 Å². The lowest BCUT2D eigenvalue weighted by molar-refractivity contribution is -0.395. The highest BCUT2D eigenvalue weighted by Crippen LogP contribution is 2.43. The number of ether oxygens (including phenoxy) is 14. The Morgan fingerprint density at radius 3 is 1.16 bits per heavy atom. The van der Waals surface area contributed by atoms with Crippen LogP contribution in [0.1, 0.15) is 253 Å². The van der Waals surface area contributed by atoms with Crippen LogP contribution in [-0.2, 0) is 95.1 Å². The van der Waals surface area contributed by atoms with E-state index in [-0.39, 0.29) is 12.3 Å². The SMILES string of the molecule is CCCCCCCC/C=C\CCCCCCCCCCCCCC(=O)N[C@@H](CO[C@@H]1OC(CO)[C@@H](O[C@@H]2OC(CO)[C@H](O[C@@H]3OC(CO)[C@H](O)[C@H](O[C@@H]4OC(CO)[C@H](O)[C@H](O[C@@H]5OC(CO[C@]6(C(=O)O)CC(O)[C@@H](NC(C)=O)C([C@H](O)[C@H](O)CO)O6)[C@H](O)[C@H](O[C@]6(C(=O)O)CC(O)[C@@H](NC(C)=O)C([C@H](O)[C@H](O)CO)O6)C5O)C4NC(C)=O)C3O)[C@H](O)C2O)[C@H](O)C1O)[C@H](O)/C=C/CCCCCCCCCCCCC. The Balaban J connectivity index is 1.05. The minimum absolute atomic E-state index is 0.135. The van der Waals surface area contributed by atoms with Gasteiger partial charge in [0.2, 0.25) is 23.6 Å². The van der Waals surface area contributed by atoms with Crippen molar-refractivity contribution in [1.82, 2.24) is 21.3 Å². The molecule has 836 valence electrons. The number of hydrogen-bond donors (Lipinski definition) is 28. The van der Waals surface area contributed by atoms with Gasteiger partial charge in [-0.15, -0.1) is 0 Å². The summed E-state index contributed by atoms with van der Waals surface area (Å²) in [4.78, 5) is 79.2. The van der Waals surface area contributed by atoms with Crippen LogP contribution in [0.3, 0.4) is 0 Å². The molecule has 0 aliphatic carbocycles. The second kappa shape index (κ2) is 64.6. The number of aliphatic carboxylic acids is 2. The maximum Gasteiger partial charge on any atom is 0.364 e. The molecule has 39 atom stereocenters. The van der Waals surface area contributed by atoms with E-state index in [9.17, 15) is 151 Å². The Bertz CT molecular complexity index is 3710. The third-order valence-corrected chi connectivity index (χ3v) is 27.3. The number of carboxylic acids is 2. The number of carbonyl (C=O) groups is 6. The van der Waals surface area contributed by atoms with Crippen LogP contribution < -0.4 is 21.3 Å². The Morgan fingerprint density at radius 2 is 0.722 bits per heavy atom. The van der Waals surface area contributed by atoms with Gasteiger partial charge in [-0.05, 0) is 44.9 Å². The van der Waals surface area contributed by atoms with Gasteiger partial charge in [0.15, 0.2) is 31.5 Å². The fourth-order valence-corrected chi connectivity index (χ4v) is 19.0. The summed E-state index contributed by atoms with van der Waals surface area (Å²) in [7, 11) is 0. The lowest BCUT2D eigenvalue weighted by Crippen LogP contribution is -2.72. The first-order valence-electron chi connectivity index (χ1n) is 51.4. The molecule has 14 unspecified atom stereocenters. The first kappa shape index (κ1) is 126. The highest BCUT2D eigenvalue weighted by molar-refractivity contribution is 5.78. The van der Waals surface area contributed by atoms with Gasteiger partial charge in [0.05, 0.1) is 89.3 Å². The van der Waals surface area contributed by atoms with Crippen molar-refractivity contribution in [3.05, 3.63) is 24.3 Å². The molecule has 0 bridgehead atoms. The third-order valence-electron chi connectivity index (χ3n) is 27.3. The summed E-state index contributed by atoms with van der Waals surface area (Å²) in [5.74, 6) is -14.5. The van der Waals surface area contributed by atoms with Crippen LogP contribution in [0, 0.1) is 0 Å². The molecule has 48 nitrogen and oxygen atoms in total. The minimum Gasteiger partial charge on any atom is -0.477 e. The van der Waals surface area contributed by atoms with Gasteiger partial charge in [0, 0.05) is 40.0 Å². The molecule has 0 aromatic heterocycles. The van der Waals surface area contributed by atoms with E-state index in [4.69, 9.17) is 66.3 Å². The number of aliphatic hydroxyl groups is 22. The molecule has 144 heavy (non-hydrogen) atoms. The average Bonchev–Trinajstić information content (AvgIpc) is 0.744. The molecule has 7 fully saturated rings. The Labute approximate surface area is 839 Å². The second-order valence-electron chi connectivity index (χ2n) is 38.8. The molecule has 0 spiro atoms. The van der Waals surface area contributed by atoms with E-state index < -0.39 is 333 Å². The number of nitrogens with one attached hydrogen (secondary N) is 4.